The number of thiophene rings is 1. The van der Waals surface area contributed by atoms with E-state index in [4.69, 9.17) is 4.74 Å². The Morgan fingerprint density at radius 3 is 2.58 bits per heavy atom. The third-order valence-electron chi connectivity index (χ3n) is 3.67. The minimum absolute atomic E-state index is 0.0114. The molecule has 2 amide bonds. The van der Waals surface area contributed by atoms with Crippen LogP contribution in [0.3, 0.4) is 0 Å². The van der Waals surface area contributed by atoms with E-state index in [-0.39, 0.29) is 11.8 Å². The summed E-state index contributed by atoms with van der Waals surface area (Å²) in [6.07, 6.45) is 0. The molecule has 2 N–H and O–H groups in total. The van der Waals surface area contributed by atoms with Crippen molar-refractivity contribution < 1.29 is 14.3 Å². The number of carbonyl (C=O) groups is 2. The van der Waals surface area contributed by atoms with Crippen molar-refractivity contribution in [3.8, 4) is 5.75 Å². The zero-order valence-electron chi connectivity index (χ0n) is 14.2. The van der Waals surface area contributed by atoms with Gasteiger partial charge in [-0.1, -0.05) is 36.4 Å². The number of ether oxygens (including phenoxy) is 1. The topological polar surface area (TPSA) is 67.4 Å². The third kappa shape index (κ3) is 4.49. The molecule has 0 aliphatic rings. The zero-order chi connectivity index (χ0) is 18.4. The van der Waals surface area contributed by atoms with Gasteiger partial charge in [-0.15, -0.1) is 11.3 Å². The van der Waals surface area contributed by atoms with Crippen molar-refractivity contribution in [1.29, 1.82) is 0 Å². The highest BCUT2D eigenvalue weighted by Gasteiger charge is 2.12. The van der Waals surface area contributed by atoms with E-state index in [1.54, 1.807) is 49.6 Å². The van der Waals surface area contributed by atoms with Crippen LogP contribution in [0.5, 0.6) is 5.75 Å². The first-order chi connectivity index (χ1) is 12.7. The summed E-state index contributed by atoms with van der Waals surface area (Å²) in [5.41, 5.74) is 1.30. The van der Waals surface area contributed by atoms with E-state index in [0.29, 0.717) is 28.4 Å². The minimum Gasteiger partial charge on any atom is -0.497 e. The lowest BCUT2D eigenvalue weighted by molar-refractivity contribution is 0.104. The fraction of sp³-hybridized carbons (Fsp3) is 0.100. The van der Waals surface area contributed by atoms with Gasteiger partial charge >= 0.3 is 6.03 Å². The van der Waals surface area contributed by atoms with Gasteiger partial charge in [-0.25, -0.2) is 4.79 Å². The van der Waals surface area contributed by atoms with Crippen molar-refractivity contribution in [3.05, 3.63) is 82.0 Å². The summed E-state index contributed by atoms with van der Waals surface area (Å²) in [5.74, 6) is 0.660. The van der Waals surface area contributed by atoms with E-state index >= 15 is 0 Å². The first-order valence-corrected chi connectivity index (χ1v) is 8.85. The summed E-state index contributed by atoms with van der Waals surface area (Å²) < 4.78 is 5.13. The zero-order valence-corrected chi connectivity index (χ0v) is 15.0. The van der Waals surface area contributed by atoms with Crippen LogP contribution in [0, 0.1) is 0 Å². The molecule has 0 unspecified atom stereocenters. The highest BCUT2D eigenvalue weighted by atomic mass is 32.1. The number of hydrogen-bond acceptors (Lipinski definition) is 4. The molecule has 26 heavy (non-hydrogen) atoms. The number of amides is 2. The molecule has 6 heteroatoms. The number of nitrogens with one attached hydrogen (secondary N) is 2. The van der Waals surface area contributed by atoms with Gasteiger partial charge in [-0.2, -0.15) is 0 Å². The predicted octanol–water partition coefficient (Wildman–Crippen LogP) is 4.31. The van der Waals surface area contributed by atoms with Crippen molar-refractivity contribution in [3.63, 3.8) is 0 Å². The van der Waals surface area contributed by atoms with E-state index in [1.165, 1.54) is 11.3 Å². The van der Waals surface area contributed by atoms with Gasteiger partial charge in [-0.05, 0) is 24.3 Å². The van der Waals surface area contributed by atoms with Gasteiger partial charge in [0.05, 0.1) is 18.5 Å². The van der Waals surface area contributed by atoms with Gasteiger partial charge in [-0.3, -0.25) is 4.79 Å². The predicted molar refractivity (Wildman–Crippen MR) is 103 cm³/mol. The number of ketones is 1. The third-order valence-corrected chi connectivity index (χ3v) is 4.76. The van der Waals surface area contributed by atoms with E-state index in [1.807, 2.05) is 24.3 Å². The van der Waals surface area contributed by atoms with Gasteiger partial charge in [0, 0.05) is 22.2 Å². The maximum absolute atomic E-state index is 12.4. The van der Waals surface area contributed by atoms with Crippen molar-refractivity contribution in [2.45, 2.75) is 6.54 Å². The Hall–Kier alpha value is -3.12. The lowest BCUT2D eigenvalue weighted by Gasteiger charge is -2.08. The summed E-state index contributed by atoms with van der Waals surface area (Å²) >= 11 is 1.38. The molecule has 3 rings (SSSR count). The molecule has 0 aliphatic carbocycles. The summed E-state index contributed by atoms with van der Waals surface area (Å²) in [6, 6.07) is 19.6. The second-order valence-corrected chi connectivity index (χ2v) is 6.67. The normalized spacial score (nSPS) is 10.2. The lowest BCUT2D eigenvalue weighted by atomic mass is 10.1. The highest BCUT2D eigenvalue weighted by molar-refractivity contribution is 7.14. The van der Waals surface area contributed by atoms with Crippen LogP contribution < -0.4 is 15.4 Å². The van der Waals surface area contributed by atoms with Crippen molar-refractivity contribution in [1.82, 2.24) is 5.32 Å². The molecule has 0 saturated heterocycles. The Morgan fingerprint density at radius 1 is 1.00 bits per heavy atom. The molecule has 3 aromatic rings. The van der Waals surface area contributed by atoms with E-state index in [0.717, 1.165) is 4.88 Å². The Morgan fingerprint density at radius 2 is 1.81 bits per heavy atom. The first-order valence-electron chi connectivity index (χ1n) is 8.03. The van der Waals surface area contributed by atoms with Gasteiger partial charge in [0.2, 0.25) is 5.78 Å². The molecular formula is C20H18N2O3S. The first kappa shape index (κ1) is 17.7. The molecule has 0 fully saturated rings. The molecule has 0 bridgehead atoms. The number of hydrogen-bond donors (Lipinski definition) is 2. The van der Waals surface area contributed by atoms with Crippen molar-refractivity contribution in [2.75, 3.05) is 12.4 Å². The maximum Gasteiger partial charge on any atom is 0.319 e. The van der Waals surface area contributed by atoms with Crippen LogP contribution in [0.25, 0.3) is 0 Å². The molecule has 0 saturated carbocycles. The van der Waals surface area contributed by atoms with Gasteiger partial charge in [0.15, 0.2) is 0 Å². The van der Waals surface area contributed by atoms with E-state index < -0.39 is 0 Å². The molecule has 5 nitrogen and oxygen atoms in total. The minimum atomic E-state index is -0.317. The quantitative estimate of drug-likeness (QED) is 0.639. The fourth-order valence-corrected chi connectivity index (χ4v) is 3.28. The number of methoxy groups -OCH3 is 1. The SMILES string of the molecule is COc1cccc(NC(=O)NCc2ccc(C(=O)c3ccccc3)s2)c1. The Kier molecular flexibility index (Phi) is 5.66. The molecule has 0 atom stereocenters. The van der Waals surface area contributed by atoms with E-state index in [2.05, 4.69) is 10.6 Å². The van der Waals surface area contributed by atoms with Crippen LogP contribution in [0.4, 0.5) is 10.5 Å². The number of benzene rings is 2. The van der Waals surface area contributed by atoms with Crippen LogP contribution in [0.15, 0.2) is 66.7 Å². The van der Waals surface area contributed by atoms with Crippen molar-refractivity contribution >= 4 is 28.8 Å². The summed E-state index contributed by atoms with van der Waals surface area (Å²) in [4.78, 5) is 26.0. The smallest absolute Gasteiger partial charge is 0.319 e. The summed E-state index contributed by atoms with van der Waals surface area (Å²) in [5, 5.41) is 5.54. The summed E-state index contributed by atoms with van der Waals surface area (Å²) in [6.45, 7) is 0.350. The van der Waals surface area contributed by atoms with Crippen LogP contribution in [-0.4, -0.2) is 18.9 Å². The van der Waals surface area contributed by atoms with Gasteiger partial charge in [0.1, 0.15) is 5.75 Å². The standard InChI is InChI=1S/C20H18N2O3S/c1-25-16-9-5-8-15(12-16)22-20(24)21-13-17-10-11-18(26-17)19(23)14-6-3-2-4-7-14/h2-12H,13H2,1H3,(H2,21,22,24). The Labute approximate surface area is 155 Å². The van der Waals surface area contributed by atoms with Crippen LogP contribution in [0.1, 0.15) is 20.1 Å². The average Bonchev–Trinajstić information content (AvgIpc) is 3.15. The van der Waals surface area contributed by atoms with Gasteiger partial charge < -0.3 is 15.4 Å². The average molecular weight is 366 g/mol. The molecule has 1 aromatic heterocycles. The highest BCUT2D eigenvalue weighted by Crippen LogP contribution is 2.20. The lowest BCUT2D eigenvalue weighted by Crippen LogP contribution is -2.27. The number of rotatable bonds is 6. The van der Waals surface area contributed by atoms with Crippen LogP contribution >= 0.6 is 11.3 Å². The largest absolute Gasteiger partial charge is 0.497 e. The Bertz CT molecular complexity index is 906. The second kappa shape index (κ2) is 8.31. The molecule has 0 spiro atoms. The monoisotopic (exact) mass is 366 g/mol. The van der Waals surface area contributed by atoms with Gasteiger partial charge in [0.25, 0.3) is 0 Å². The fourth-order valence-electron chi connectivity index (χ4n) is 2.37. The summed E-state index contributed by atoms with van der Waals surface area (Å²) in [7, 11) is 1.57. The molecule has 2 aromatic carbocycles. The number of carbonyl (C=O) groups excluding carboxylic acids is 2. The van der Waals surface area contributed by atoms with Crippen molar-refractivity contribution in [2.24, 2.45) is 0 Å². The van der Waals surface area contributed by atoms with Crippen LogP contribution in [0.2, 0.25) is 0 Å². The van der Waals surface area contributed by atoms with E-state index in [9.17, 15) is 9.59 Å². The number of urea groups is 1. The molecule has 0 aliphatic heterocycles. The van der Waals surface area contributed by atoms with Crippen LogP contribution in [-0.2, 0) is 6.54 Å². The molecular weight excluding hydrogens is 348 g/mol. The molecule has 0 radical (unpaired) electrons. The molecule has 132 valence electrons. The second-order valence-electron chi connectivity index (χ2n) is 5.50. The maximum atomic E-state index is 12.4. The Balaban J connectivity index is 1.56. The number of anilines is 1. The molecule has 1 heterocycles.